The first-order valence-electron chi connectivity index (χ1n) is 6.07. The quantitative estimate of drug-likeness (QED) is 0.923. The van der Waals surface area contributed by atoms with Crippen LogP contribution in [0.3, 0.4) is 0 Å². The summed E-state index contributed by atoms with van der Waals surface area (Å²) in [5.74, 6) is 1.19. The fourth-order valence-corrected chi connectivity index (χ4v) is 1.92. The van der Waals surface area contributed by atoms with Crippen molar-refractivity contribution in [2.24, 2.45) is 11.7 Å². The van der Waals surface area contributed by atoms with Crippen LogP contribution in [0.5, 0.6) is 0 Å². The molecule has 1 heterocycles. The van der Waals surface area contributed by atoms with Crippen LogP contribution in [-0.4, -0.2) is 10.1 Å². The maximum absolute atomic E-state index is 6.05. The third kappa shape index (κ3) is 3.08. The van der Waals surface area contributed by atoms with Gasteiger partial charge < -0.3 is 10.3 Å². The SMILES string of the molecule is CCC(C)[C@H](N)c1nc(-c2ccc(Cl)c(Cl)c2)no1. The molecule has 6 heteroatoms. The molecule has 1 aromatic heterocycles. The second-order valence-electron chi connectivity index (χ2n) is 4.50. The molecule has 4 nitrogen and oxygen atoms in total. The minimum atomic E-state index is -0.256. The molecule has 2 aromatic rings. The van der Waals surface area contributed by atoms with Gasteiger partial charge in [0.15, 0.2) is 0 Å². The van der Waals surface area contributed by atoms with Gasteiger partial charge in [-0.2, -0.15) is 4.98 Å². The summed E-state index contributed by atoms with van der Waals surface area (Å²) in [5.41, 5.74) is 6.80. The number of nitrogens with zero attached hydrogens (tertiary/aromatic N) is 2. The lowest BCUT2D eigenvalue weighted by molar-refractivity contribution is 0.312. The van der Waals surface area contributed by atoms with Crippen LogP contribution in [0.4, 0.5) is 0 Å². The van der Waals surface area contributed by atoms with E-state index in [1.54, 1.807) is 18.2 Å². The van der Waals surface area contributed by atoms with Crippen molar-refractivity contribution in [3.8, 4) is 11.4 Å². The number of hydrogen-bond acceptors (Lipinski definition) is 4. The highest BCUT2D eigenvalue weighted by atomic mass is 35.5. The van der Waals surface area contributed by atoms with Crippen molar-refractivity contribution in [2.45, 2.75) is 26.3 Å². The molecular formula is C13H15Cl2N3O. The van der Waals surface area contributed by atoms with Crippen LogP contribution in [0.25, 0.3) is 11.4 Å². The van der Waals surface area contributed by atoms with Gasteiger partial charge in [0, 0.05) is 5.56 Å². The summed E-state index contributed by atoms with van der Waals surface area (Å²) in [7, 11) is 0. The van der Waals surface area contributed by atoms with Gasteiger partial charge in [-0.3, -0.25) is 0 Å². The zero-order valence-corrected chi connectivity index (χ0v) is 12.2. The highest BCUT2D eigenvalue weighted by Gasteiger charge is 2.20. The predicted molar refractivity (Wildman–Crippen MR) is 76.1 cm³/mol. The Labute approximate surface area is 121 Å². The van der Waals surface area contributed by atoms with Crippen LogP contribution in [0.2, 0.25) is 10.0 Å². The van der Waals surface area contributed by atoms with E-state index in [9.17, 15) is 0 Å². The number of hydrogen-bond donors (Lipinski definition) is 1. The normalized spacial score (nSPS) is 14.4. The van der Waals surface area contributed by atoms with Crippen LogP contribution in [0, 0.1) is 5.92 Å². The van der Waals surface area contributed by atoms with E-state index in [1.807, 2.05) is 6.92 Å². The monoisotopic (exact) mass is 299 g/mol. The summed E-state index contributed by atoms with van der Waals surface area (Å²) in [6.45, 7) is 4.12. The molecule has 0 bridgehead atoms. The predicted octanol–water partition coefficient (Wildman–Crippen LogP) is 4.09. The number of rotatable bonds is 4. The largest absolute Gasteiger partial charge is 0.337 e. The minimum Gasteiger partial charge on any atom is -0.337 e. The molecule has 0 aliphatic rings. The van der Waals surface area contributed by atoms with Gasteiger partial charge in [-0.15, -0.1) is 0 Å². The smallest absolute Gasteiger partial charge is 0.244 e. The highest BCUT2D eigenvalue weighted by molar-refractivity contribution is 6.42. The molecule has 0 amide bonds. The second kappa shape index (κ2) is 5.90. The van der Waals surface area contributed by atoms with Gasteiger partial charge in [0.05, 0.1) is 16.1 Å². The maximum atomic E-state index is 6.05. The molecule has 0 radical (unpaired) electrons. The van der Waals surface area contributed by atoms with Gasteiger partial charge in [0.1, 0.15) is 0 Å². The lowest BCUT2D eigenvalue weighted by atomic mass is 10.0. The van der Waals surface area contributed by atoms with Crippen LogP contribution in [0.1, 0.15) is 32.2 Å². The third-order valence-electron chi connectivity index (χ3n) is 3.16. The average molecular weight is 300 g/mol. The van der Waals surface area contributed by atoms with Crippen molar-refractivity contribution >= 4 is 23.2 Å². The molecular weight excluding hydrogens is 285 g/mol. The summed E-state index contributed by atoms with van der Waals surface area (Å²) in [6, 6.07) is 4.93. The van der Waals surface area contributed by atoms with Crippen molar-refractivity contribution < 1.29 is 4.52 Å². The lowest BCUT2D eigenvalue weighted by Gasteiger charge is -2.12. The van der Waals surface area contributed by atoms with E-state index < -0.39 is 0 Å². The van der Waals surface area contributed by atoms with Crippen molar-refractivity contribution in [3.05, 3.63) is 34.1 Å². The molecule has 2 atom stereocenters. The Balaban J connectivity index is 2.27. The number of benzene rings is 1. The van der Waals surface area contributed by atoms with Crippen LogP contribution >= 0.6 is 23.2 Å². The number of aromatic nitrogens is 2. The van der Waals surface area contributed by atoms with E-state index in [-0.39, 0.29) is 12.0 Å². The molecule has 2 N–H and O–H groups in total. The van der Waals surface area contributed by atoms with Gasteiger partial charge in [0.2, 0.25) is 11.7 Å². The molecule has 0 spiro atoms. The fourth-order valence-electron chi connectivity index (χ4n) is 1.62. The Morgan fingerprint density at radius 3 is 2.68 bits per heavy atom. The Bertz CT molecular complexity index is 571. The van der Waals surface area contributed by atoms with E-state index >= 15 is 0 Å². The molecule has 0 saturated heterocycles. The molecule has 2 rings (SSSR count). The van der Waals surface area contributed by atoms with E-state index in [0.29, 0.717) is 21.8 Å². The van der Waals surface area contributed by atoms with Crippen molar-refractivity contribution in [1.82, 2.24) is 10.1 Å². The third-order valence-corrected chi connectivity index (χ3v) is 3.90. The summed E-state index contributed by atoms with van der Waals surface area (Å²) < 4.78 is 5.21. The van der Waals surface area contributed by atoms with Crippen molar-refractivity contribution in [1.29, 1.82) is 0 Å². The van der Waals surface area contributed by atoms with Gasteiger partial charge >= 0.3 is 0 Å². The highest BCUT2D eigenvalue weighted by Crippen LogP contribution is 2.28. The number of halogens is 2. The first-order valence-corrected chi connectivity index (χ1v) is 6.83. The summed E-state index contributed by atoms with van der Waals surface area (Å²) >= 11 is 11.8. The number of nitrogens with two attached hydrogens (primary N) is 1. The molecule has 102 valence electrons. The Morgan fingerprint density at radius 2 is 2.05 bits per heavy atom. The van der Waals surface area contributed by atoms with E-state index in [1.165, 1.54) is 0 Å². The van der Waals surface area contributed by atoms with Crippen LogP contribution < -0.4 is 5.73 Å². The van der Waals surface area contributed by atoms with E-state index in [0.717, 1.165) is 12.0 Å². The maximum Gasteiger partial charge on any atom is 0.244 e. The van der Waals surface area contributed by atoms with Crippen LogP contribution in [-0.2, 0) is 0 Å². The molecule has 0 saturated carbocycles. The molecule has 1 aromatic carbocycles. The van der Waals surface area contributed by atoms with Gasteiger partial charge in [-0.25, -0.2) is 0 Å². The summed E-state index contributed by atoms with van der Waals surface area (Å²) in [6.07, 6.45) is 0.950. The zero-order valence-electron chi connectivity index (χ0n) is 10.7. The first-order chi connectivity index (χ1) is 9.02. The topological polar surface area (TPSA) is 64.9 Å². The Kier molecular flexibility index (Phi) is 4.45. The van der Waals surface area contributed by atoms with Crippen molar-refractivity contribution in [2.75, 3.05) is 0 Å². The average Bonchev–Trinajstić information content (AvgIpc) is 2.89. The molecule has 19 heavy (non-hydrogen) atoms. The molecule has 1 unspecified atom stereocenters. The second-order valence-corrected chi connectivity index (χ2v) is 5.31. The van der Waals surface area contributed by atoms with E-state index in [2.05, 4.69) is 17.1 Å². The molecule has 0 fully saturated rings. The zero-order chi connectivity index (χ0) is 14.0. The summed E-state index contributed by atoms with van der Waals surface area (Å²) in [5, 5.41) is 4.87. The Morgan fingerprint density at radius 1 is 1.32 bits per heavy atom. The van der Waals surface area contributed by atoms with Gasteiger partial charge in [-0.05, 0) is 24.1 Å². The minimum absolute atomic E-state index is 0.256. The van der Waals surface area contributed by atoms with E-state index in [4.69, 9.17) is 33.5 Å². The van der Waals surface area contributed by atoms with Gasteiger partial charge in [0.25, 0.3) is 0 Å². The molecule has 0 aliphatic heterocycles. The van der Waals surface area contributed by atoms with Crippen LogP contribution in [0.15, 0.2) is 22.7 Å². The lowest BCUT2D eigenvalue weighted by Crippen LogP contribution is -2.18. The Hall–Kier alpha value is -1.10. The molecule has 0 aliphatic carbocycles. The summed E-state index contributed by atoms with van der Waals surface area (Å²) in [4.78, 5) is 4.32. The standard InChI is InChI=1S/C13H15Cl2N3O/c1-3-7(2)11(16)13-17-12(18-19-13)8-4-5-9(14)10(15)6-8/h4-7,11H,3,16H2,1-2H3/t7?,11-/m0/s1. The van der Waals surface area contributed by atoms with Crippen molar-refractivity contribution in [3.63, 3.8) is 0 Å². The first kappa shape index (κ1) is 14.3. The van der Waals surface area contributed by atoms with Gasteiger partial charge in [-0.1, -0.05) is 48.6 Å². The fraction of sp³-hybridized carbons (Fsp3) is 0.385.